The van der Waals surface area contributed by atoms with Gasteiger partial charge in [-0.25, -0.2) is 4.98 Å². The molecule has 0 radical (unpaired) electrons. The third-order valence-electron chi connectivity index (χ3n) is 9.69. The van der Waals surface area contributed by atoms with E-state index in [1.54, 1.807) is 21.3 Å². The summed E-state index contributed by atoms with van der Waals surface area (Å²) in [5.41, 5.74) is 7.40. The standard InChI is InChI=1S/C39H43ClN6O4/c1-48-35-16-27(17-36(49-2)32(35)23-43-22-26-11-13-37(47)44-26)46-15-14-29-28(6-5-9-34(29)46)30-7-4-8-31(38(30)40)33-12-10-25(39(45-33)50-3)21-42-20-24-18-41-19-24/h4-10,12,14-17,24,26,41-43H,11,13,18-23H2,1-3H3,(H,44,47)/t26-/m0/s1. The van der Waals surface area contributed by atoms with Crippen LogP contribution in [-0.2, 0) is 17.9 Å². The lowest BCUT2D eigenvalue weighted by atomic mass is 9.98. The van der Waals surface area contributed by atoms with Crippen LogP contribution in [0.5, 0.6) is 17.4 Å². The highest BCUT2D eigenvalue weighted by molar-refractivity contribution is 6.36. The van der Waals surface area contributed by atoms with E-state index in [1.807, 2.05) is 36.4 Å². The summed E-state index contributed by atoms with van der Waals surface area (Å²) in [7, 11) is 5.00. The van der Waals surface area contributed by atoms with Crippen LogP contribution in [0.2, 0.25) is 5.02 Å². The lowest BCUT2D eigenvalue weighted by molar-refractivity contribution is -0.119. The van der Waals surface area contributed by atoms with Crippen LogP contribution in [0, 0.1) is 5.92 Å². The number of pyridine rings is 1. The Morgan fingerprint density at radius 3 is 2.32 bits per heavy atom. The van der Waals surface area contributed by atoms with Crippen molar-refractivity contribution in [1.29, 1.82) is 0 Å². The maximum atomic E-state index is 11.6. The van der Waals surface area contributed by atoms with Crippen LogP contribution >= 0.6 is 11.6 Å². The molecule has 10 nitrogen and oxygen atoms in total. The van der Waals surface area contributed by atoms with Gasteiger partial charge in [-0.1, -0.05) is 48.0 Å². The predicted molar refractivity (Wildman–Crippen MR) is 198 cm³/mol. The zero-order valence-corrected chi connectivity index (χ0v) is 29.4. The topological polar surface area (TPSA) is 111 Å². The summed E-state index contributed by atoms with van der Waals surface area (Å²) in [5.74, 6) is 2.82. The normalized spacial score (nSPS) is 16.0. The second-order valence-electron chi connectivity index (χ2n) is 12.9. The average molecular weight is 695 g/mol. The van der Waals surface area contributed by atoms with Gasteiger partial charge in [0.25, 0.3) is 0 Å². The van der Waals surface area contributed by atoms with E-state index in [9.17, 15) is 4.79 Å². The molecule has 2 aromatic heterocycles. The SMILES string of the molecule is COc1cc(-n2ccc3c(-c4cccc(-c5ccc(CNCC6CNC6)c(OC)n5)c4Cl)cccc32)cc(OC)c1CNC[C@@H]1CCC(=O)N1. The van der Waals surface area contributed by atoms with E-state index in [0.29, 0.717) is 42.9 Å². The largest absolute Gasteiger partial charge is 0.496 e. The van der Waals surface area contributed by atoms with Crippen molar-refractivity contribution in [3.8, 4) is 45.5 Å². The number of hydrogen-bond acceptors (Lipinski definition) is 8. The van der Waals surface area contributed by atoms with Gasteiger partial charge in [0.1, 0.15) is 11.5 Å². The van der Waals surface area contributed by atoms with Gasteiger partial charge < -0.3 is 40.0 Å². The number of carbonyl (C=O) groups excluding carboxylic acids is 1. The van der Waals surface area contributed by atoms with Crippen molar-refractivity contribution in [3.63, 3.8) is 0 Å². The third kappa shape index (κ3) is 6.89. The first-order chi connectivity index (χ1) is 24.5. The Labute approximate surface area is 297 Å². The number of benzene rings is 3. The average Bonchev–Trinajstić information content (AvgIpc) is 3.75. The molecular formula is C39H43ClN6O4. The number of ether oxygens (including phenoxy) is 3. The molecule has 0 unspecified atom stereocenters. The van der Waals surface area contributed by atoms with E-state index in [0.717, 1.165) is 87.7 Å². The second kappa shape index (κ2) is 15.1. The van der Waals surface area contributed by atoms with Gasteiger partial charge >= 0.3 is 0 Å². The molecule has 1 amide bonds. The molecule has 50 heavy (non-hydrogen) atoms. The van der Waals surface area contributed by atoms with Crippen molar-refractivity contribution in [2.75, 3.05) is 47.5 Å². The predicted octanol–water partition coefficient (Wildman–Crippen LogP) is 5.72. The number of halogens is 1. The van der Waals surface area contributed by atoms with Gasteiger partial charge in [-0.15, -0.1) is 0 Å². The number of rotatable bonds is 14. The van der Waals surface area contributed by atoms with Crippen LogP contribution in [0.3, 0.4) is 0 Å². The monoisotopic (exact) mass is 694 g/mol. The maximum absolute atomic E-state index is 11.6. The summed E-state index contributed by atoms with van der Waals surface area (Å²) in [4.78, 5) is 16.5. The smallest absolute Gasteiger partial charge is 0.220 e. The number of hydrogen-bond donors (Lipinski definition) is 4. The lowest BCUT2D eigenvalue weighted by Crippen LogP contribution is -2.47. The Bertz CT molecular complexity index is 1980. The first kappa shape index (κ1) is 33.9. The Morgan fingerprint density at radius 2 is 1.62 bits per heavy atom. The van der Waals surface area contributed by atoms with Crippen LogP contribution in [-0.4, -0.2) is 69.0 Å². The minimum absolute atomic E-state index is 0.108. The molecule has 5 aromatic rings. The molecule has 2 aliphatic heterocycles. The molecule has 260 valence electrons. The molecule has 4 N–H and O–H groups in total. The van der Waals surface area contributed by atoms with Crippen molar-refractivity contribution >= 4 is 28.4 Å². The Hall–Kier alpha value is -4.61. The van der Waals surface area contributed by atoms with E-state index >= 15 is 0 Å². The fourth-order valence-corrected chi connectivity index (χ4v) is 7.21. The Balaban J connectivity index is 1.16. The molecule has 0 spiro atoms. The van der Waals surface area contributed by atoms with Gasteiger partial charge in [0.05, 0.1) is 48.8 Å². The number of nitrogens with one attached hydrogen (secondary N) is 4. The number of carbonyl (C=O) groups is 1. The van der Waals surface area contributed by atoms with Crippen LogP contribution in [0.1, 0.15) is 24.0 Å². The highest BCUT2D eigenvalue weighted by atomic mass is 35.5. The van der Waals surface area contributed by atoms with Crippen molar-refractivity contribution in [1.82, 2.24) is 30.8 Å². The van der Waals surface area contributed by atoms with Crippen molar-refractivity contribution in [2.24, 2.45) is 5.92 Å². The molecule has 0 saturated carbocycles. The van der Waals surface area contributed by atoms with Gasteiger partial charge in [-0.2, -0.15) is 0 Å². The van der Waals surface area contributed by atoms with Crippen LogP contribution < -0.4 is 35.5 Å². The van der Waals surface area contributed by atoms with E-state index in [4.69, 9.17) is 30.8 Å². The molecule has 0 aliphatic carbocycles. The highest BCUT2D eigenvalue weighted by Gasteiger charge is 2.22. The molecule has 2 aliphatic rings. The zero-order valence-electron chi connectivity index (χ0n) is 28.6. The maximum Gasteiger partial charge on any atom is 0.220 e. The molecule has 4 heterocycles. The number of fused-ring (bicyclic) bond motifs is 1. The van der Waals surface area contributed by atoms with Crippen molar-refractivity contribution < 1.29 is 19.0 Å². The summed E-state index contributed by atoms with van der Waals surface area (Å²) in [6, 6.07) is 22.7. The molecule has 11 heteroatoms. The number of methoxy groups -OCH3 is 3. The Kier molecular flexibility index (Phi) is 10.2. The fourth-order valence-electron chi connectivity index (χ4n) is 6.89. The highest BCUT2D eigenvalue weighted by Crippen LogP contribution is 2.41. The molecule has 0 bridgehead atoms. The third-order valence-corrected chi connectivity index (χ3v) is 10.1. The van der Waals surface area contributed by atoms with Gasteiger partial charge in [-0.3, -0.25) is 4.79 Å². The molecule has 7 rings (SSSR count). The summed E-state index contributed by atoms with van der Waals surface area (Å²) >= 11 is 7.20. The van der Waals surface area contributed by atoms with Gasteiger partial charge in [-0.05, 0) is 36.1 Å². The number of nitrogens with zero attached hydrogens (tertiary/aromatic N) is 2. The number of aromatic nitrogens is 2. The van der Waals surface area contributed by atoms with E-state index in [1.165, 1.54) is 0 Å². The Morgan fingerprint density at radius 1 is 0.880 bits per heavy atom. The number of amides is 1. The summed E-state index contributed by atoms with van der Waals surface area (Å²) < 4.78 is 19.6. The van der Waals surface area contributed by atoms with Crippen LogP contribution in [0.4, 0.5) is 0 Å². The quantitative estimate of drug-likeness (QED) is 0.117. The zero-order chi connectivity index (χ0) is 34.6. The van der Waals surface area contributed by atoms with Crippen molar-refractivity contribution in [3.05, 3.63) is 89.1 Å². The molecule has 3 aromatic carbocycles. The van der Waals surface area contributed by atoms with Gasteiger partial charge in [0.15, 0.2) is 0 Å². The summed E-state index contributed by atoms with van der Waals surface area (Å²) in [6.45, 7) is 5.01. The van der Waals surface area contributed by atoms with Crippen LogP contribution in [0.25, 0.3) is 39.0 Å². The summed E-state index contributed by atoms with van der Waals surface area (Å²) in [6.07, 6.45) is 3.48. The van der Waals surface area contributed by atoms with E-state index in [-0.39, 0.29) is 11.9 Å². The molecule has 2 fully saturated rings. The van der Waals surface area contributed by atoms with Crippen LogP contribution in [0.15, 0.2) is 72.9 Å². The second-order valence-corrected chi connectivity index (χ2v) is 13.3. The minimum atomic E-state index is 0.108. The van der Waals surface area contributed by atoms with E-state index in [2.05, 4.69) is 62.4 Å². The lowest BCUT2D eigenvalue weighted by Gasteiger charge is -2.27. The van der Waals surface area contributed by atoms with Crippen molar-refractivity contribution in [2.45, 2.75) is 32.0 Å². The van der Waals surface area contributed by atoms with E-state index < -0.39 is 0 Å². The minimum Gasteiger partial charge on any atom is -0.496 e. The van der Waals surface area contributed by atoms with Gasteiger partial charge in [0.2, 0.25) is 11.8 Å². The molecule has 1 atom stereocenters. The fraction of sp³-hybridized carbons (Fsp3) is 0.333. The van der Waals surface area contributed by atoms with Gasteiger partial charge in [0, 0.05) is 92.1 Å². The first-order valence-corrected chi connectivity index (χ1v) is 17.4. The molecular weight excluding hydrogens is 652 g/mol. The first-order valence-electron chi connectivity index (χ1n) is 17.1. The summed E-state index contributed by atoms with van der Waals surface area (Å²) in [5, 5.41) is 15.0. The molecule has 2 saturated heterocycles.